The van der Waals surface area contributed by atoms with Crippen molar-refractivity contribution in [3.05, 3.63) is 12.2 Å². The van der Waals surface area contributed by atoms with Gasteiger partial charge in [-0.3, -0.25) is 4.79 Å². The van der Waals surface area contributed by atoms with E-state index < -0.39 is 0 Å². The number of hydrogen-bond acceptors (Lipinski definition) is 2. The lowest BCUT2D eigenvalue weighted by atomic mass is 10.0. The van der Waals surface area contributed by atoms with Crippen LogP contribution in [0, 0.1) is 11.8 Å². The lowest BCUT2D eigenvalue weighted by Gasteiger charge is -2.23. The Morgan fingerprint density at radius 1 is 1.60 bits per heavy atom. The molecule has 0 aromatic heterocycles. The molecule has 0 heterocycles. The topological polar surface area (TPSA) is 46.3 Å². The molecule has 2 N–H and O–H groups in total. The Morgan fingerprint density at radius 2 is 2.27 bits per heavy atom. The summed E-state index contributed by atoms with van der Waals surface area (Å²) in [5.74, 6) is 0.784. The van der Waals surface area contributed by atoms with Crippen molar-refractivity contribution in [1.82, 2.24) is 4.90 Å². The van der Waals surface area contributed by atoms with Crippen LogP contribution >= 0.6 is 0 Å². The van der Waals surface area contributed by atoms with Gasteiger partial charge in [-0.2, -0.15) is 0 Å². The minimum absolute atomic E-state index is 0.00839. The van der Waals surface area contributed by atoms with E-state index >= 15 is 0 Å². The van der Waals surface area contributed by atoms with Crippen molar-refractivity contribution in [1.29, 1.82) is 0 Å². The van der Waals surface area contributed by atoms with Crippen LogP contribution in [-0.4, -0.2) is 30.4 Å². The van der Waals surface area contributed by atoms with Crippen molar-refractivity contribution < 1.29 is 4.79 Å². The SMILES string of the molecule is CCC(C)CN(C)C(=O)C1C=CC(N)C1. The molecule has 3 nitrogen and oxygen atoms in total. The van der Waals surface area contributed by atoms with Gasteiger partial charge in [0, 0.05) is 19.6 Å². The van der Waals surface area contributed by atoms with Crippen molar-refractivity contribution in [3.8, 4) is 0 Å². The van der Waals surface area contributed by atoms with Gasteiger partial charge >= 0.3 is 0 Å². The van der Waals surface area contributed by atoms with Crippen LogP contribution in [0.25, 0.3) is 0 Å². The van der Waals surface area contributed by atoms with E-state index in [4.69, 9.17) is 5.73 Å². The summed E-state index contributed by atoms with van der Waals surface area (Å²) in [5.41, 5.74) is 5.73. The zero-order valence-electron chi connectivity index (χ0n) is 9.94. The maximum atomic E-state index is 12.0. The van der Waals surface area contributed by atoms with E-state index in [-0.39, 0.29) is 17.9 Å². The lowest BCUT2D eigenvalue weighted by Crippen LogP contribution is -2.35. The molecule has 3 heteroatoms. The fourth-order valence-electron chi connectivity index (χ4n) is 1.88. The van der Waals surface area contributed by atoms with Gasteiger partial charge in [0.1, 0.15) is 0 Å². The lowest BCUT2D eigenvalue weighted by molar-refractivity contribution is -0.133. The Kier molecular flexibility index (Phi) is 4.33. The first-order valence-corrected chi connectivity index (χ1v) is 5.73. The number of carbonyl (C=O) groups excluding carboxylic acids is 1. The molecule has 1 amide bonds. The number of nitrogens with zero attached hydrogens (tertiary/aromatic N) is 1. The van der Waals surface area contributed by atoms with Crippen LogP contribution in [0.15, 0.2) is 12.2 Å². The van der Waals surface area contributed by atoms with Gasteiger partial charge in [0.15, 0.2) is 0 Å². The molecule has 0 aromatic rings. The number of amides is 1. The Bertz CT molecular complexity index is 250. The van der Waals surface area contributed by atoms with Gasteiger partial charge in [-0.25, -0.2) is 0 Å². The summed E-state index contributed by atoms with van der Waals surface area (Å²) in [6.45, 7) is 5.16. The van der Waals surface area contributed by atoms with E-state index in [9.17, 15) is 4.79 Å². The molecule has 3 atom stereocenters. The smallest absolute Gasteiger partial charge is 0.229 e. The minimum Gasteiger partial charge on any atom is -0.345 e. The molecule has 0 saturated heterocycles. The summed E-state index contributed by atoms with van der Waals surface area (Å²) in [6, 6.07) is 0.0657. The molecule has 0 radical (unpaired) electrons. The van der Waals surface area contributed by atoms with E-state index in [1.165, 1.54) is 0 Å². The van der Waals surface area contributed by atoms with Crippen LogP contribution in [0.2, 0.25) is 0 Å². The summed E-state index contributed by atoms with van der Waals surface area (Å²) in [7, 11) is 1.88. The summed E-state index contributed by atoms with van der Waals surface area (Å²) < 4.78 is 0. The second-order valence-corrected chi connectivity index (χ2v) is 4.62. The third-order valence-electron chi connectivity index (χ3n) is 3.09. The fourth-order valence-corrected chi connectivity index (χ4v) is 1.88. The van der Waals surface area contributed by atoms with Crippen LogP contribution in [-0.2, 0) is 4.79 Å². The van der Waals surface area contributed by atoms with Crippen molar-refractivity contribution in [2.75, 3.05) is 13.6 Å². The third-order valence-corrected chi connectivity index (χ3v) is 3.09. The van der Waals surface area contributed by atoms with Crippen LogP contribution < -0.4 is 5.73 Å². The summed E-state index contributed by atoms with van der Waals surface area (Å²) in [5, 5.41) is 0. The highest BCUT2D eigenvalue weighted by molar-refractivity contribution is 5.81. The molecule has 0 fully saturated rings. The average molecular weight is 210 g/mol. The quantitative estimate of drug-likeness (QED) is 0.713. The predicted molar refractivity (Wildman–Crippen MR) is 62.3 cm³/mol. The van der Waals surface area contributed by atoms with Crippen molar-refractivity contribution in [2.24, 2.45) is 17.6 Å². The van der Waals surface area contributed by atoms with E-state index in [1.54, 1.807) is 0 Å². The molecule has 0 aliphatic heterocycles. The molecule has 0 saturated carbocycles. The molecule has 0 bridgehead atoms. The van der Waals surface area contributed by atoms with Crippen molar-refractivity contribution in [3.63, 3.8) is 0 Å². The summed E-state index contributed by atoms with van der Waals surface area (Å²) in [4.78, 5) is 13.8. The number of carbonyl (C=O) groups is 1. The Morgan fingerprint density at radius 3 is 2.73 bits per heavy atom. The number of rotatable bonds is 4. The first-order chi connectivity index (χ1) is 7.04. The standard InChI is InChI=1S/C12H22N2O/c1-4-9(2)8-14(3)12(15)10-5-6-11(13)7-10/h5-6,9-11H,4,7-8,13H2,1-3H3. The van der Waals surface area contributed by atoms with E-state index in [1.807, 2.05) is 24.1 Å². The Balaban J connectivity index is 2.43. The molecular formula is C12H22N2O. The highest BCUT2D eigenvalue weighted by Crippen LogP contribution is 2.19. The van der Waals surface area contributed by atoms with Crippen LogP contribution in [0.3, 0.4) is 0 Å². The van der Waals surface area contributed by atoms with Gasteiger partial charge in [0.05, 0.1) is 5.92 Å². The van der Waals surface area contributed by atoms with Gasteiger partial charge in [-0.05, 0) is 12.3 Å². The molecule has 1 rings (SSSR count). The van der Waals surface area contributed by atoms with Gasteiger partial charge in [-0.15, -0.1) is 0 Å². The molecule has 3 unspecified atom stereocenters. The number of hydrogen-bond donors (Lipinski definition) is 1. The molecule has 15 heavy (non-hydrogen) atoms. The Hall–Kier alpha value is -0.830. The second-order valence-electron chi connectivity index (χ2n) is 4.62. The first-order valence-electron chi connectivity index (χ1n) is 5.73. The monoisotopic (exact) mass is 210 g/mol. The summed E-state index contributed by atoms with van der Waals surface area (Å²) >= 11 is 0. The molecule has 86 valence electrons. The fraction of sp³-hybridized carbons (Fsp3) is 0.750. The largest absolute Gasteiger partial charge is 0.345 e. The molecular weight excluding hydrogens is 188 g/mol. The van der Waals surface area contributed by atoms with Gasteiger partial charge in [-0.1, -0.05) is 32.4 Å². The zero-order valence-corrected chi connectivity index (χ0v) is 9.94. The van der Waals surface area contributed by atoms with E-state index in [2.05, 4.69) is 13.8 Å². The summed E-state index contributed by atoms with van der Waals surface area (Å²) in [6.07, 6.45) is 5.75. The van der Waals surface area contributed by atoms with Gasteiger partial charge in [0.25, 0.3) is 0 Å². The van der Waals surface area contributed by atoms with Gasteiger partial charge < -0.3 is 10.6 Å². The number of nitrogens with two attached hydrogens (primary N) is 1. The van der Waals surface area contributed by atoms with Crippen LogP contribution in [0.1, 0.15) is 26.7 Å². The predicted octanol–water partition coefficient (Wildman–Crippen LogP) is 1.39. The van der Waals surface area contributed by atoms with E-state index in [0.29, 0.717) is 5.92 Å². The Labute approximate surface area is 92.3 Å². The maximum Gasteiger partial charge on any atom is 0.229 e. The third kappa shape index (κ3) is 3.34. The normalized spacial score (nSPS) is 26.7. The first kappa shape index (κ1) is 12.2. The van der Waals surface area contributed by atoms with Crippen LogP contribution in [0.4, 0.5) is 0 Å². The van der Waals surface area contributed by atoms with E-state index in [0.717, 1.165) is 19.4 Å². The molecule has 1 aliphatic rings. The second kappa shape index (κ2) is 5.31. The zero-order chi connectivity index (χ0) is 11.4. The maximum absolute atomic E-state index is 12.0. The highest BCUT2D eigenvalue weighted by Gasteiger charge is 2.25. The van der Waals surface area contributed by atoms with Crippen molar-refractivity contribution in [2.45, 2.75) is 32.7 Å². The van der Waals surface area contributed by atoms with Crippen LogP contribution in [0.5, 0.6) is 0 Å². The molecule has 0 spiro atoms. The average Bonchev–Trinajstić information content (AvgIpc) is 2.63. The minimum atomic E-state index is 0.00839. The highest BCUT2D eigenvalue weighted by atomic mass is 16.2. The van der Waals surface area contributed by atoms with Gasteiger partial charge in [0.2, 0.25) is 5.91 Å². The molecule has 1 aliphatic carbocycles. The van der Waals surface area contributed by atoms with Crippen molar-refractivity contribution >= 4 is 5.91 Å². The molecule has 0 aromatic carbocycles.